The second-order valence-corrected chi connectivity index (χ2v) is 18.0. The highest BCUT2D eigenvalue weighted by Crippen LogP contribution is 2.91. The first-order chi connectivity index (χ1) is 22.1. The third-order valence-electron chi connectivity index (χ3n) is 15.0. The van der Waals surface area contributed by atoms with Crippen LogP contribution < -0.4 is 0 Å². The molecule has 0 bridgehead atoms. The van der Waals surface area contributed by atoms with Crippen LogP contribution in [0.4, 0.5) is 0 Å². The summed E-state index contributed by atoms with van der Waals surface area (Å²) in [5, 5.41) is 11.0. The van der Waals surface area contributed by atoms with Crippen molar-refractivity contribution in [1.29, 1.82) is 0 Å². The van der Waals surface area contributed by atoms with E-state index in [9.17, 15) is 24.3 Å². The summed E-state index contributed by atoms with van der Waals surface area (Å²) in [4.78, 5) is 49.6. The standard InChI is InChI=1S/C38H58O10/c1-20(39)44-26-17-24(32(47-23(4)42)48-31(26)34(7,8)43)25-11-16-38-19-37(25,38)15-12-27-35(9)14-13-29(45-21(2)40)33(5,6)28(35)18-30(36(27,38)10)46-22(3)41/h24-32,43H,11-19H2,1-10H3/t24-,25-,26+,27+,28-,29+,30+,31+,32+,35+,36-,37+,38+/m0/s1. The SMILES string of the molecule is CC(=O)O[C@@H]1O[C@@H](C(C)(C)O)[C@H](OC(C)=O)C[C@H]1[C@@H]1CC[C@]23C[C@]12CC[C@@H]1[C@@]2(C)CC[C@@H](OC(C)=O)C(C)(C)[C@@H]2C[C@@H](OC(C)=O)[C@]13C. The van der Waals surface area contributed by atoms with Gasteiger partial charge >= 0.3 is 23.9 Å². The molecule has 5 saturated carbocycles. The molecule has 0 radical (unpaired) electrons. The van der Waals surface area contributed by atoms with E-state index in [1.807, 2.05) is 0 Å². The molecular weight excluding hydrogens is 616 g/mol. The topological polar surface area (TPSA) is 135 Å². The number of esters is 4. The summed E-state index contributed by atoms with van der Waals surface area (Å²) in [5.41, 5.74) is -2.05. The van der Waals surface area contributed by atoms with Gasteiger partial charge < -0.3 is 28.8 Å². The molecule has 5 aliphatic carbocycles. The average molecular weight is 675 g/mol. The minimum Gasteiger partial charge on any atom is -0.462 e. The van der Waals surface area contributed by atoms with E-state index in [1.54, 1.807) is 13.8 Å². The van der Waals surface area contributed by atoms with Crippen LogP contribution in [-0.2, 0) is 42.9 Å². The second kappa shape index (κ2) is 11.4. The molecule has 1 saturated heterocycles. The Balaban J connectivity index is 1.37. The average Bonchev–Trinajstić information content (AvgIpc) is 3.52. The largest absolute Gasteiger partial charge is 0.462 e. The lowest BCUT2D eigenvalue weighted by Gasteiger charge is -2.68. The number of aliphatic hydroxyl groups is 1. The van der Waals surface area contributed by atoms with Gasteiger partial charge in [-0.1, -0.05) is 27.7 Å². The molecule has 0 spiro atoms. The summed E-state index contributed by atoms with van der Waals surface area (Å²) in [6, 6.07) is 0. The van der Waals surface area contributed by atoms with E-state index in [1.165, 1.54) is 27.7 Å². The van der Waals surface area contributed by atoms with Crippen molar-refractivity contribution in [2.24, 2.45) is 50.7 Å². The maximum Gasteiger partial charge on any atom is 0.304 e. The first kappa shape index (κ1) is 35.6. The van der Waals surface area contributed by atoms with E-state index >= 15 is 0 Å². The van der Waals surface area contributed by atoms with Gasteiger partial charge in [-0.25, -0.2) is 0 Å². The third kappa shape index (κ3) is 5.07. The zero-order valence-electron chi connectivity index (χ0n) is 30.7. The molecule has 1 heterocycles. The van der Waals surface area contributed by atoms with Crippen molar-refractivity contribution in [3.63, 3.8) is 0 Å². The molecule has 0 aromatic heterocycles. The van der Waals surface area contributed by atoms with Crippen molar-refractivity contribution < 1.29 is 48.0 Å². The smallest absolute Gasteiger partial charge is 0.304 e. The molecular formula is C38H58O10. The molecule has 6 aliphatic rings. The van der Waals surface area contributed by atoms with Gasteiger partial charge in [0.15, 0.2) is 0 Å². The fraction of sp³-hybridized carbons (Fsp3) is 0.895. The van der Waals surface area contributed by atoms with Crippen molar-refractivity contribution in [2.75, 3.05) is 0 Å². The van der Waals surface area contributed by atoms with Gasteiger partial charge in [0.25, 0.3) is 0 Å². The number of carbonyl (C=O) groups is 4. The van der Waals surface area contributed by atoms with Crippen LogP contribution in [0.25, 0.3) is 0 Å². The summed E-state index contributed by atoms with van der Waals surface area (Å²) < 4.78 is 30.4. The zero-order chi connectivity index (χ0) is 35.4. The van der Waals surface area contributed by atoms with Crippen molar-refractivity contribution in [2.45, 2.75) is 163 Å². The number of fused-ring (bicyclic) bond motifs is 3. The normalized spacial score (nSPS) is 47.3. The Hall–Kier alpha value is -2.20. The molecule has 0 aromatic rings. The fourth-order valence-corrected chi connectivity index (χ4v) is 13.4. The Morgan fingerprint density at radius 3 is 1.92 bits per heavy atom. The zero-order valence-corrected chi connectivity index (χ0v) is 30.7. The minimum atomic E-state index is -1.33. The van der Waals surface area contributed by atoms with Crippen molar-refractivity contribution in [1.82, 2.24) is 0 Å². The number of hydrogen-bond donors (Lipinski definition) is 1. The van der Waals surface area contributed by atoms with Crippen LogP contribution in [0.5, 0.6) is 0 Å². The first-order valence-electron chi connectivity index (χ1n) is 18.2. The van der Waals surface area contributed by atoms with E-state index in [-0.39, 0.29) is 69.0 Å². The number of hydrogen-bond acceptors (Lipinski definition) is 10. The molecule has 0 aromatic carbocycles. The summed E-state index contributed by atoms with van der Waals surface area (Å²) in [5.74, 6) is -0.997. The van der Waals surface area contributed by atoms with Crippen LogP contribution >= 0.6 is 0 Å². The van der Waals surface area contributed by atoms with Crippen molar-refractivity contribution in [3.05, 3.63) is 0 Å². The quantitative estimate of drug-likeness (QED) is 0.268. The Bertz CT molecular complexity index is 1350. The lowest BCUT2D eigenvalue weighted by Crippen LogP contribution is -2.67. The predicted molar refractivity (Wildman–Crippen MR) is 174 cm³/mol. The van der Waals surface area contributed by atoms with Crippen LogP contribution in [0.15, 0.2) is 0 Å². The third-order valence-corrected chi connectivity index (χ3v) is 15.0. The summed E-state index contributed by atoms with van der Waals surface area (Å²) in [6.45, 7) is 18.3. The summed E-state index contributed by atoms with van der Waals surface area (Å²) >= 11 is 0. The molecule has 1 aliphatic heterocycles. The molecule has 270 valence electrons. The van der Waals surface area contributed by atoms with E-state index in [2.05, 4.69) is 27.7 Å². The van der Waals surface area contributed by atoms with Crippen molar-refractivity contribution >= 4 is 23.9 Å². The maximum atomic E-state index is 12.8. The minimum absolute atomic E-state index is 0.0261. The van der Waals surface area contributed by atoms with E-state index < -0.39 is 36.0 Å². The van der Waals surface area contributed by atoms with Gasteiger partial charge in [-0.05, 0) is 106 Å². The van der Waals surface area contributed by atoms with Crippen molar-refractivity contribution in [3.8, 4) is 0 Å². The molecule has 0 unspecified atom stereocenters. The molecule has 1 N–H and O–H groups in total. The molecule has 13 atom stereocenters. The van der Waals surface area contributed by atoms with Gasteiger partial charge in [-0.15, -0.1) is 0 Å². The maximum absolute atomic E-state index is 12.8. The van der Waals surface area contributed by atoms with E-state index in [4.69, 9.17) is 23.7 Å². The Morgan fingerprint density at radius 1 is 0.729 bits per heavy atom. The molecule has 10 nitrogen and oxygen atoms in total. The van der Waals surface area contributed by atoms with E-state index in [0.29, 0.717) is 12.3 Å². The van der Waals surface area contributed by atoms with E-state index in [0.717, 1.165) is 51.4 Å². The Kier molecular flexibility index (Phi) is 8.47. The lowest BCUT2D eigenvalue weighted by molar-refractivity contribution is -0.286. The van der Waals surface area contributed by atoms with Crippen LogP contribution in [0.2, 0.25) is 0 Å². The lowest BCUT2D eigenvalue weighted by atomic mass is 9.37. The molecule has 6 rings (SSSR count). The van der Waals surface area contributed by atoms with Crippen LogP contribution in [0.1, 0.15) is 127 Å². The van der Waals surface area contributed by atoms with Crippen LogP contribution in [0, 0.1) is 50.7 Å². The van der Waals surface area contributed by atoms with Gasteiger partial charge in [-0.2, -0.15) is 0 Å². The highest BCUT2D eigenvalue weighted by atomic mass is 16.7. The van der Waals surface area contributed by atoms with Gasteiger partial charge in [0.05, 0.1) is 5.60 Å². The number of rotatable bonds is 6. The molecule has 10 heteroatoms. The van der Waals surface area contributed by atoms with Gasteiger partial charge in [-0.3, -0.25) is 19.2 Å². The highest BCUT2D eigenvalue weighted by molar-refractivity contribution is 5.67. The van der Waals surface area contributed by atoms with Gasteiger partial charge in [0.2, 0.25) is 6.29 Å². The summed E-state index contributed by atoms with van der Waals surface area (Å²) in [6.07, 6.45) is 4.91. The van der Waals surface area contributed by atoms with Crippen LogP contribution in [0.3, 0.4) is 0 Å². The fourth-order valence-electron chi connectivity index (χ4n) is 13.4. The summed E-state index contributed by atoms with van der Waals surface area (Å²) in [7, 11) is 0. The number of ether oxygens (including phenoxy) is 5. The second-order valence-electron chi connectivity index (χ2n) is 18.0. The predicted octanol–water partition coefficient (Wildman–Crippen LogP) is 5.90. The monoisotopic (exact) mass is 674 g/mol. The highest BCUT2D eigenvalue weighted by Gasteiger charge is 2.86. The van der Waals surface area contributed by atoms with Gasteiger partial charge in [0, 0.05) is 44.4 Å². The molecule has 0 amide bonds. The first-order valence-corrected chi connectivity index (χ1v) is 18.2. The molecule has 48 heavy (non-hydrogen) atoms. The Labute approximate surface area is 285 Å². The molecule has 6 fully saturated rings. The van der Waals surface area contributed by atoms with Gasteiger partial charge in [0.1, 0.15) is 24.4 Å². The number of carbonyl (C=O) groups excluding carboxylic acids is 4. The van der Waals surface area contributed by atoms with Crippen LogP contribution in [-0.4, -0.2) is 65.3 Å². The Morgan fingerprint density at radius 2 is 1.33 bits per heavy atom.